The van der Waals surface area contributed by atoms with Gasteiger partial charge in [-0.15, -0.1) is 0 Å². The molecule has 24 heavy (non-hydrogen) atoms. The first-order valence-electron chi connectivity index (χ1n) is 8.46. The molecule has 2 atom stereocenters. The molecule has 1 aliphatic rings. The van der Waals surface area contributed by atoms with Crippen molar-refractivity contribution in [2.75, 3.05) is 13.1 Å². The highest BCUT2D eigenvalue weighted by Crippen LogP contribution is 2.27. The van der Waals surface area contributed by atoms with Crippen molar-refractivity contribution >= 4 is 5.91 Å². The van der Waals surface area contributed by atoms with Crippen LogP contribution in [0.3, 0.4) is 0 Å². The van der Waals surface area contributed by atoms with Crippen molar-refractivity contribution in [2.45, 2.75) is 38.7 Å². The summed E-state index contributed by atoms with van der Waals surface area (Å²) < 4.78 is 5.99. The van der Waals surface area contributed by atoms with E-state index in [1.807, 2.05) is 43.0 Å². The highest BCUT2D eigenvalue weighted by atomic mass is 16.5. The fraction of sp³-hybridized carbons (Fsp3) is 0.421. The molecule has 126 valence electrons. The maximum absolute atomic E-state index is 12.8. The number of amides is 1. The van der Waals surface area contributed by atoms with Gasteiger partial charge in [0.05, 0.1) is 5.69 Å². The summed E-state index contributed by atoms with van der Waals surface area (Å²) in [5.41, 5.74) is 2.00. The van der Waals surface area contributed by atoms with E-state index >= 15 is 0 Å². The lowest BCUT2D eigenvalue weighted by Gasteiger charge is -2.24. The van der Waals surface area contributed by atoms with Gasteiger partial charge in [-0.05, 0) is 31.4 Å². The number of aromatic nitrogens is 2. The molecule has 0 bridgehead atoms. The molecule has 1 aromatic carbocycles. The van der Waals surface area contributed by atoms with Gasteiger partial charge >= 0.3 is 0 Å². The number of aryl methyl sites for hydroxylation is 1. The average molecular weight is 325 g/mol. The predicted octanol–water partition coefficient (Wildman–Crippen LogP) is 2.96. The molecule has 0 aliphatic carbocycles. The zero-order chi connectivity index (χ0) is 16.9. The van der Waals surface area contributed by atoms with Gasteiger partial charge in [-0.25, -0.2) is 0 Å². The van der Waals surface area contributed by atoms with Gasteiger partial charge in [0.15, 0.2) is 6.10 Å². The van der Waals surface area contributed by atoms with Crippen molar-refractivity contribution in [1.82, 2.24) is 14.9 Å². The van der Waals surface area contributed by atoms with Gasteiger partial charge in [0, 0.05) is 37.6 Å². The summed E-state index contributed by atoms with van der Waals surface area (Å²) in [6.07, 6.45) is 6.30. The Morgan fingerprint density at radius 3 is 2.92 bits per heavy atom. The minimum Gasteiger partial charge on any atom is -0.480 e. The van der Waals surface area contributed by atoms with Crippen LogP contribution in [0, 0.1) is 6.92 Å². The normalized spacial score (nSPS) is 18.4. The summed E-state index contributed by atoms with van der Waals surface area (Å²) >= 11 is 0. The summed E-state index contributed by atoms with van der Waals surface area (Å²) in [4.78, 5) is 23.2. The second-order valence-corrected chi connectivity index (χ2v) is 6.18. The summed E-state index contributed by atoms with van der Waals surface area (Å²) in [5, 5.41) is 0. The van der Waals surface area contributed by atoms with Gasteiger partial charge < -0.3 is 9.64 Å². The molecule has 3 rings (SSSR count). The largest absolute Gasteiger partial charge is 0.480 e. The number of hydrogen-bond acceptors (Lipinski definition) is 4. The van der Waals surface area contributed by atoms with E-state index in [2.05, 4.69) is 9.97 Å². The first-order valence-corrected chi connectivity index (χ1v) is 8.46. The van der Waals surface area contributed by atoms with Gasteiger partial charge in [0.1, 0.15) is 5.75 Å². The number of para-hydroxylation sites is 1. The first-order chi connectivity index (χ1) is 11.7. The fourth-order valence-electron chi connectivity index (χ4n) is 3.08. The van der Waals surface area contributed by atoms with E-state index in [4.69, 9.17) is 4.74 Å². The van der Waals surface area contributed by atoms with Crippen LogP contribution < -0.4 is 4.74 Å². The van der Waals surface area contributed by atoms with Crippen LogP contribution in [0.2, 0.25) is 0 Å². The number of hydrogen-bond donors (Lipinski definition) is 0. The Kier molecular flexibility index (Phi) is 5.08. The van der Waals surface area contributed by atoms with Gasteiger partial charge in [-0.2, -0.15) is 0 Å². The molecule has 2 unspecified atom stereocenters. The van der Waals surface area contributed by atoms with E-state index in [0.717, 1.165) is 30.0 Å². The maximum Gasteiger partial charge on any atom is 0.263 e. The topological polar surface area (TPSA) is 55.3 Å². The van der Waals surface area contributed by atoms with Gasteiger partial charge in [0.25, 0.3) is 5.91 Å². The molecule has 2 aromatic rings. The van der Waals surface area contributed by atoms with E-state index in [0.29, 0.717) is 13.0 Å². The third-order valence-electron chi connectivity index (χ3n) is 4.51. The second-order valence-electron chi connectivity index (χ2n) is 6.18. The molecule has 1 aliphatic heterocycles. The molecule has 2 heterocycles. The zero-order valence-electron chi connectivity index (χ0n) is 14.2. The lowest BCUT2D eigenvalue weighted by Crippen LogP contribution is -2.40. The minimum atomic E-state index is -0.438. The summed E-state index contributed by atoms with van der Waals surface area (Å²) in [5.74, 6) is 1.10. The molecule has 1 saturated heterocycles. The van der Waals surface area contributed by atoms with Crippen LogP contribution in [-0.2, 0) is 4.79 Å². The predicted molar refractivity (Wildman–Crippen MR) is 91.9 cm³/mol. The lowest BCUT2D eigenvalue weighted by atomic mass is 10.1. The van der Waals surface area contributed by atoms with Crippen molar-refractivity contribution in [3.05, 3.63) is 54.1 Å². The van der Waals surface area contributed by atoms with Crippen LogP contribution in [0.4, 0.5) is 0 Å². The van der Waals surface area contributed by atoms with Crippen molar-refractivity contribution in [3.63, 3.8) is 0 Å². The Labute approximate surface area is 142 Å². The average Bonchev–Trinajstić information content (AvgIpc) is 3.11. The number of ether oxygens (including phenoxy) is 1. The lowest BCUT2D eigenvalue weighted by molar-refractivity contribution is -0.137. The van der Waals surface area contributed by atoms with Gasteiger partial charge in [0.2, 0.25) is 0 Å². The molecule has 1 fully saturated rings. The molecular formula is C19H23N3O2. The first kappa shape index (κ1) is 16.4. The fourth-order valence-corrected chi connectivity index (χ4v) is 3.08. The number of benzene rings is 1. The number of likely N-dealkylation sites (tertiary alicyclic amines) is 1. The van der Waals surface area contributed by atoms with E-state index in [1.54, 1.807) is 18.6 Å². The number of carbonyl (C=O) groups excluding carboxylic acids is 1. The number of rotatable bonds is 5. The van der Waals surface area contributed by atoms with Crippen LogP contribution in [0.5, 0.6) is 5.75 Å². The summed E-state index contributed by atoms with van der Waals surface area (Å²) in [7, 11) is 0. The molecular weight excluding hydrogens is 302 g/mol. The summed E-state index contributed by atoms with van der Waals surface area (Å²) in [6, 6.07) is 7.81. The molecule has 0 radical (unpaired) electrons. The van der Waals surface area contributed by atoms with Gasteiger partial charge in [-0.3, -0.25) is 14.8 Å². The number of nitrogens with zero attached hydrogens (tertiary/aromatic N) is 3. The minimum absolute atomic E-state index is 0.0622. The smallest absolute Gasteiger partial charge is 0.263 e. The third kappa shape index (κ3) is 3.55. The second kappa shape index (κ2) is 7.43. The third-order valence-corrected chi connectivity index (χ3v) is 4.51. The zero-order valence-corrected chi connectivity index (χ0v) is 14.2. The number of carbonyl (C=O) groups is 1. The van der Waals surface area contributed by atoms with Crippen LogP contribution in [-0.4, -0.2) is 40.0 Å². The van der Waals surface area contributed by atoms with Crippen LogP contribution >= 0.6 is 0 Å². The van der Waals surface area contributed by atoms with E-state index in [-0.39, 0.29) is 11.8 Å². The molecule has 0 saturated carbocycles. The highest BCUT2D eigenvalue weighted by molar-refractivity contribution is 5.81. The van der Waals surface area contributed by atoms with Crippen LogP contribution in [0.15, 0.2) is 42.9 Å². The SMILES string of the molecule is CCC(Oc1ccccc1C)C(=O)N1CCC(c2cnccn2)C1. The molecule has 0 spiro atoms. The Hall–Kier alpha value is -2.43. The van der Waals surface area contributed by atoms with E-state index < -0.39 is 6.10 Å². The molecule has 1 amide bonds. The van der Waals surface area contributed by atoms with Crippen molar-refractivity contribution in [2.24, 2.45) is 0 Å². The quantitative estimate of drug-likeness (QED) is 0.848. The Morgan fingerprint density at radius 1 is 1.38 bits per heavy atom. The van der Waals surface area contributed by atoms with Crippen molar-refractivity contribution in [3.8, 4) is 5.75 Å². The van der Waals surface area contributed by atoms with E-state index in [1.165, 1.54) is 0 Å². The van der Waals surface area contributed by atoms with E-state index in [9.17, 15) is 4.79 Å². The summed E-state index contributed by atoms with van der Waals surface area (Å²) in [6.45, 7) is 5.41. The molecule has 0 N–H and O–H groups in total. The standard InChI is InChI=1S/C19H23N3O2/c1-3-17(24-18-7-5-4-6-14(18)2)19(23)22-11-8-15(13-22)16-12-20-9-10-21-16/h4-7,9-10,12,15,17H,3,8,11,13H2,1-2H3. The molecule has 5 heteroatoms. The maximum atomic E-state index is 12.8. The van der Waals surface area contributed by atoms with Crippen molar-refractivity contribution < 1.29 is 9.53 Å². The molecule has 5 nitrogen and oxygen atoms in total. The Bertz CT molecular complexity index is 690. The monoisotopic (exact) mass is 325 g/mol. The molecule has 1 aromatic heterocycles. The Balaban J connectivity index is 1.66. The Morgan fingerprint density at radius 2 is 2.21 bits per heavy atom. The van der Waals surface area contributed by atoms with Crippen molar-refractivity contribution in [1.29, 1.82) is 0 Å². The van der Waals surface area contributed by atoms with Crippen LogP contribution in [0.25, 0.3) is 0 Å². The highest BCUT2D eigenvalue weighted by Gasteiger charge is 2.32. The van der Waals surface area contributed by atoms with Crippen LogP contribution in [0.1, 0.15) is 36.9 Å². The van der Waals surface area contributed by atoms with Gasteiger partial charge in [-0.1, -0.05) is 25.1 Å².